The van der Waals surface area contributed by atoms with Crippen molar-refractivity contribution in [1.29, 1.82) is 0 Å². The highest BCUT2D eigenvalue weighted by atomic mass is 15.0. The van der Waals surface area contributed by atoms with Crippen molar-refractivity contribution >= 4 is 65.2 Å². The van der Waals surface area contributed by atoms with Crippen LogP contribution in [0, 0.1) is 0 Å². The minimum Gasteiger partial charge on any atom is -0.307 e. The van der Waals surface area contributed by atoms with Crippen molar-refractivity contribution in [1.82, 2.24) is 19.1 Å². The van der Waals surface area contributed by atoms with E-state index in [-0.39, 0.29) is 0 Å². The second kappa shape index (κ2) is 17.8. The molecule has 0 fully saturated rings. The molecule has 76 heavy (non-hydrogen) atoms. The summed E-state index contributed by atoms with van der Waals surface area (Å²) in [6, 6.07) is 101. The zero-order chi connectivity index (χ0) is 50.1. The monoisotopic (exact) mass is 966 g/mol. The Labute approximate surface area is 439 Å². The molecule has 0 radical (unpaired) electrons. The van der Waals surface area contributed by atoms with Crippen LogP contribution in [0.4, 0.5) is 0 Å². The Bertz CT molecular complexity index is 4420. The topological polar surface area (TPSA) is 35.6 Å². The first kappa shape index (κ1) is 43.4. The molecule has 0 N–H and O–H groups in total. The molecule has 4 heterocycles. The van der Waals surface area contributed by atoms with Crippen LogP contribution in [0.3, 0.4) is 0 Å². The van der Waals surface area contributed by atoms with E-state index in [1.54, 1.807) is 0 Å². The highest BCUT2D eigenvalue weighted by molar-refractivity contribution is 6.24. The molecule has 354 valence electrons. The van der Waals surface area contributed by atoms with E-state index >= 15 is 0 Å². The van der Waals surface area contributed by atoms with Crippen LogP contribution in [0.5, 0.6) is 0 Å². The Morgan fingerprint density at radius 1 is 0.197 bits per heavy atom. The van der Waals surface area contributed by atoms with Gasteiger partial charge in [-0.05, 0) is 104 Å². The third-order valence-electron chi connectivity index (χ3n) is 15.4. The average Bonchev–Trinajstić information content (AvgIpc) is 4.11. The van der Waals surface area contributed by atoms with Gasteiger partial charge in [-0.15, -0.1) is 0 Å². The summed E-state index contributed by atoms with van der Waals surface area (Å²) in [6.45, 7) is 0. The van der Waals surface area contributed by atoms with Crippen molar-refractivity contribution in [3.05, 3.63) is 279 Å². The Morgan fingerprint density at radius 2 is 0.526 bits per heavy atom. The summed E-state index contributed by atoms with van der Waals surface area (Å²) in [5.74, 6) is 0. The predicted octanol–water partition coefficient (Wildman–Crippen LogP) is 19.0. The minimum atomic E-state index is 0.962. The lowest BCUT2D eigenvalue weighted by atomic mass is 9.93. The fraction of sp³-hybridized carbons (Fsp3) is 0. The molecule has 0 unspecified atom stereocenters. The lowest BCUT2D eigenvalue weighted by Gasteiger charge is -2.15. The van der Waals surface area contributed by atoms with E-state index in [1.165, 1.54) is 76.3 Å². The number of hydrogen-bond donors (Lipinski definition) is 0. The normalized spacial score (nSPS) is 11.7. The second-order valence-corrected chi connectivity index (χ2v) is 19.6. The van der Waals surface area contributed by atoms with Gasteiger partial charge in [0.05, 0.1) is 44.8 Å². The molecule has 0 saturated heterocycles. The molecular weight excluding hydrogens is 921 g/mol. The van der Waals surface area contributed by atoms with E-state index in [4.69, 9.17) is 9.97 Å². The zero-order valence-electron chi connectivity index (χ0n) is 41.3. The number of fused-ring (bicyclic) bond motifs is 9. The molecule has 0 aliphatic carbocycles. The molecule has 4 heteroatoms. The zero-order valence-corrected chi connectivity index (χ0v) is 41.3. The van der Waals surface area contributed by atoms with E-state index in [0.717, 1.165) is 67.5 Å². The summed E-state index contributed by atoms with van der Waals surface area (Å²) < 4.78 is 4.95. The maximum Gasteiger partial charge on any atom is 0.0788 e. The summed E-state index contributed by atoms with van der Waals surface area (Å²) in [6.07, 6.45) is 0. The molecular formula is C72H46N4. The molecule has 0 aliphatic rings. The average molecular weight is 967 g/mol. The Hall–Kier alpha value is -10.2. The van der Waals surface area contributed by atoms with E-state index in [0.29, 0.717) is 0 Å². The van der Waals surface area contributed by atoms with Crippen molar-refractivity contribution in [2.24, 2.45) is 0 Å². The van der Waals surface area contributed by atoms with E-state index < -0.39 is 0 Å². The molecule has 0 spiro atoms. The van der Waals surface area contributed by atoms with Crippen LogP contribution in [0.25, 0.3) is 144 Å². The molecule has 0 atom stereocenters. The summed E-state index contributed by atoms with van der Waals surface area (Å²) in [4.78, 5) is 10.3. The van der Waals surface area contributed by atoms with Crippen molar-refractivity contribution < 1.29 is 0 Å². The summed E-state index contributed by atoms with van der Waals surface area (Å²) in [5, 5.41) is 9.62. The quantitative estimate of drug-likeness (QED) is 0.152. The molecule has 15 aromatic rings. The Kier molecular flexibility index (Phi) is 10.2. The maximum atomic E-state index is 5.16. The van der Waals surface area contributed by atoms with Crippen molar-refractivity contribution in [2.75, 3.05) is 0 Å². The largest absolute Gasteiger partial charge is 0.307 e. The second-order valence-electron chi connectivity index (χ2n) is 19.6. The number of benzene rings is 11. The summed E-state index contributed by atoms with van der Waals surface area (Å²) in [7, 11) is 0. The van der Waals surface area contributed by atoms with Crippen LogP contribution in [0.2, 0.25) is 0 Å². The molecule has 0 saturated carbocycles. The number of rotatable bonds is 8. The smallest absolute Gasteiger partial charge is 0.0788 e. The first-order valence-corrected chi connectivity index (χ1v) is 26.0. The third kappa shape index (κ3) is 7.07. The van der Waals surface area contributed by atoms with Crippen LogP contribution in [-0.4, -0.2) is 19.1 Å². The number of aromatic nitrogens is 4. The lowest BCUT2D eigenvalue weighted by Crippen LogP contribution is -1.99. The standard InChI is InChI=1S/C72H46N4/c1-3-17-49(18-4-1)65-27-15-29-67(73-65)59-43-41-53(55-21-7-9-23-57(55)59)47-33-37-51(38-34-47)75-69-31-13-11-25-61(69)63-45-46-64-62-26-12-14-32-70(62)76(72(64)71(63)75)52-39-35-48(36-40-52)54-42-44-60(58-24-10-8-22-56(54)58)68-30-16-28-66(74-68)50-19-5-2-6-20-50/h1-46H. The van der Waals surface area contributed by atoms with Crippen LogP contribution in [-0.2, 0) is 0 Å². The number of nitrogens with zero attached hydrogens (tertiary/aromatic N) is 4. The van der Waals surface area contributed by atoms with Gasteiger partial charge in [0.2, 0.25) is 0 Å². The van der Waals surface area contributed by atoms with E-state index in [9.17, 15) is 0 Å². The van der Waals surface area contributed by atoms with Crippen molar-refractivity contribution in [3.63, 3.8) is 0 Å². The van der Waals surface area contributed by atoms with Gasteiger partial charge < -0.3 is 9.13 Å². The fourth-order valence-corrected chi connectivity index (χ4v) is 11.9. The lowest BCUT2D eigenvalue weighted by molar-refractivity contribution is 1.15. The number of para-hydroxylation sites is 2. The Morgan fingerprint density at radius 3 is 0.934 bits per heavy atom. The van der Waals surface area contributed by atoms with E-state index in [2.05, 4.69) is 276 Å². The van der Waals surface area contributed by atoms with Crippen LogP contribution >= 0.6 is 0 Å². The number of hydrogen-bond acceptors (Lipinski definition) is 2. The van der Waals surface area contributed by atoms with Gasteiger partial charge in [-0.25, -0.2) is 9.97 Å². The molecule has 15 rings (SSSR count). The molecule has 0 amide bonds. The van der Waals surface area contributed by atoms with E-state index in [1.807, 2.05) is 12.1 Å². The maximum absolute atomic E-state index is 5.16. The van der Waals surface area contributed by atoms with Gasteiger partial charge >= 0.3 is 0 Å². The van der Waals surface area contributed by atoms with Gasteiger partial charge in [-0.3, -0.25) is 0 Å². The summed E-state index contributed by atoms with van der Waals surface area (Å²) >= 11 is 0. The SMILES string of the molecule is c1ccc(-c2cccc(-c3ccc(-c4ccc(-n5c6ccccc6c6ccc7c8ccccc8n(-c8ccc(-c9ccc(-c%10cccc(-c%11ccccc%11)n%10)c%10ccccc9%10)cc8)c7c65)cc4)c4ccccc34)n2)cc1. The molecule has 11 aromatic carbocycles. The molecule has 4 aromatic heterocycles. The molecule has 0 aliphatic heterocycles. The van der Waals surface area contributed by atoms with Crippen molar-refractivity contribution in [3.8, 4) is 78.7 Å². The molecule has 0 bridgehead atoms. The van der Waals surface area contributed by atoms with Crippen LogP contribution in [0.15, 0.2) is 279 Å². The number of pyridine rings is 2. The van der Waals surface area contributed by atoms with Gasteiger partial charge in [-0.2, -0.15) is 0 Å². The van der Waals surface area contributed by atoms with Gasteiger partial charge in [0.15, 0.2) is 0 Å². The fourth-order valence-electron chi connectivity index (χ4n) is 11.9. The first-order valence-electron chi connectivity index (χ1n) is 26.0. The first-order chi connectivity index (χ1) is 37.7. The highest BCUT2D eigenvalue weighted by Gasteiger charge is 2.22. The van der Waals surface area contributed by atoms with Gasteiger partial charge in [0.25, 0.3) is 0 Å². The minimum absolute atomic E-state index is 0.962. The van der Waals surface area contributed by atoms with Crippen LogP contribution < -0.4 is 0 Å². The summed E-state index contributed by atoms with van der Waals surface area (Å²) in [5.41, 5.74) is 19.9. The highest BCUT2D eigenvalue weighted by Crippen LogP contribution is 2.44. The Balaban J connectivity index is 0.844. The molecule has 4 nitrogen and oxygen atoms in total. The van der Waals surface area contributed by atoms with Crippen LogP contribution in [0.1, 0.15) is 0 Å². The van der Waals surface area contributed by atoms with Crippen molar-refractivity contribution in [2.45, 2.75) is 0 Å². The van der Waals surface area contributed by atoms with Gasteiger partial charge in [0, 0.05) is 55.2 Å². The third-order valence-corrected chi connectivity index (χ3v) is 15.4. The van der Waals surface area contributed by atoms with Gasteiger partial charge in [0.1, 0.15) is 0 Å². The predicted molar refractivity (Wildman–Crippen MR) is 318 cm³/mol. The van der Waals surface area contributed by atoms with Gasteiger partial charge in [-0.1, -0.05) is 218 Å².